The fourth-order valence-electron chi connectivity index (χ4n) is 5.80. The molecular formula is C22H18F7N5O5S. The van der Waals surface area contributed by atoms with Crippen LogP contribution in [0.1, 0.15) is 30.1 Å². The summed E-state index contributed by atoms with van der Waals surface area (Å²) in [6.07, 6.45) is -12.9. The second-order valence-electron chi connectivity index (χ2n) is 9.60. The quantitative estimate of drug-likeness (QED) is 0.327. The number of anilines is 1. The van der Waals surface area contributed by atoms with Crippen molar-refractivity contribution >= 4 is 27.5 Å². The topological polar surface area (TPSA) is 140 Å². The number of halogens is 7. The highest BCUT2D eigenvalue weighted by Gasteiger charge is 2.80. The number of benzene rings is 1. The molecule has 2 bridgehead atoms. The number of aromatic nitrogens is 3. The number of aliphatic hydroxyl groups is 1. The first kappa shape index (κ1) is 28.0. The van der Waals surface area contributed by atoms with Crippen molar-refractivity contribution in [1.82, 2.24) is 18.8 Å². The van der Waals surface area contributed by atoms with Gasteiger partial charge in [-0.15, -0.1) is 0 Å². The van der Waals surface area contributed by atoms with Gasteiger partial charge in [0.05, 0.1) is 4.90 Å². The van der Waals surface area contributed by atoms with Crippen molar-refractivity contribution in [2.75, 3.05) is 12.3 Å². The van der Waals surface area contributed by atoms with Crippen molar-refractivity contribution in [2.45, 2.75) is 47.7 Å². The Bertz CT molecular complexity index is 1600. The van der Waals surface area contributed by atoms with Crippen molar-refractivity contribution in [2.24, 2.45) is 5.41 Å². The van der Waals surface area contributed by atoms with Gasteiger partial charge in [0, 0.05) is 36.0 Å². The maximum Gasteiger partial charge on any atom is 0.492 e. The average Bonchev–Trinajstić information content (AvgIpc) is 3.48. The van der Waals surface area contributed by atoms with Gasteiger partial charge >= 0.3 is 18.3 Å². The number of nitrogens with zero attached hydrogens (tertiary/aromatic N) is 4. The normalized spacial score (nSPS) is 26.7. The van der Waals surface area contributed by atoms with Gasteiger partial charge < -0.3 is 15.7 Å². The second kappa shape index (κ2) is 8.74. The van der Waals surface area contributed by atoms with E-state index in [1.165, 1.54) is 18.2 Å². The molecular weight excluding hydrogens is 579 g/mol. The van der Waals surface area contributed by atoms with E-state index < -0.39 is 87.2 Å². The minimum absolute atomic E-state index is 0.327. The Labute approximate surface area is 220 Å². The van der Waals surface area contributed by atoms with E-state index in [2.05, 4.69) is 14.8 Å². The number of fused-ring (bicyclic) bond motifs is 2. The number of carbonyl (C=O) groups is 1. The first-order chi connectivity index (χ1) is 18.5. The zero-order valence-electron chi connectivity index (χ0n) is 19.8. The Kier molecular flexibility index (Phi) is 6.13. The summed E-state index contributed by atoms with van der Waals surface area (Å²) < 4.78 is 124. The predicted octanol–water partition coefficient (Wildman–Crippen LogP) is 2.99. The summed E-state index contributed by atoms with van der Waals surface area (Å²) in [6.45, 7) is -0.841. The van der Waals surface area contributed by atoms with E-state index in [0.717, 1.165) is 22.7 Å². The van der Waals surface area contributed by atoms with E-state index in [-0.39, 0.29) is 15.8 Å². The van der Waals surface area contributed by atoms with Crippen LogP contribution in [0, 0.1) is 5.41 Å². The Morgan fingerprint density at radius 3 is 2.42 bits per heavy atom. The molecule has 2 heterocycles. The van der Waals surface area contributed by atoms with Gasteiger partial charge in [-0.05, 0) is 29.4 Å². The molecule has 0 amide bonds. The SMILES string of the molecule is Nc1nc(C(F)(F)F)cn2c(C3C4(CO)CC(F)C3(N(OC(=O)C(F)(F)F)S(=O)(=O)c3ccccc3)C4)cnc12. The number of hydroxylamine groups is 1. The van der Waals surface area contributed by atoms with Crippen LogP contribution in [0.3, 0.4) is 0 Å². The third-order valence-electron chi connectivity index (χ3n) is 7.32. The first-order valence-corrected chi connectivity index (χ1v) is 12.8. The van der Waals surface area contributed by atoms with Gasteiger partial charge in [0.25, 0.3) is 10.0 Å². The zero-order chi connectivity index (χ0) is 29.5. The number of rotatable bonds is 6. The summed E-state index contributed by atoms with van der Waals surface area (Å²) in [7, 11) is -5.22. The number of carbonyl (C=O) groups excluding carboxylic acids is 1. The lowest BCUT2D eigenvalue weighted by atomic mass is 9.55. The third kappa shape index (κ3) is 3.91. The molecule has 2 aromatic heterocycles. The number of nitrogen functional groups attached to an aromatic ring is 1. The number of aliphatic hydroxyl groups excluding tert-OH is 1. The highest BCUT2D eigenvalue weighted by molar-refractivity contribution is 7.89. The molecule has 0 radical (unpaired) electrons. The van der Waals surface area contributed by atoms with Crippen molar-refractivity contribution < 1.29 is 53.9 Å². The number of hydrogen-bond acceptors (Lipinski definition) is 8. The van der Waals surface area contributed by atoms with Gasteiger partial charge in [-0.3, -0.25) is 4.40 Å². The molecule has 0 aliphatic heterocycles. The van der Waals surface area contributed by atoms with Crippen molar-refractivity contribution in [3.8, 4) is 0 Å². The molecule has 216 valence electrons. The summed E-state index contributed by atoms with van der Waals surface area (Å²) in [4.78, 5) is 22.8. The average molecular weight is 597 g/mol. The highest BCUT2D eigenvalue weighted by Crippen LogP contribution is 2.73. The molecule has 0 saturated heterocycles. The minimum Gasteiger partial charge on any atom is -0.396 e. The van der Waals surface area contributed by atoms with Crippen molar-refractivity contribution in [3.63, 3.8) is 0 Å². The van der Waals surface area contributed by atoms with Crippen molar-refractivity contribution in [3.05, 3.63) is 54.1 Å². The van der Waals surface area contributed by atoms with Crippen LogP contribution in [-0.2, 0) is 25.8 Å². The second-order valence-corrected chi connectivity index (χ2v) is 11.4. The maximum absolute atomic E-state index is 15.9. The smallest absolute Gasteiger partial charge is 0.396 e. The summed E-state index contributed by atoms with van der Waals surface area (Å²) >= 11 is 0. The third-order valence-corrected chi connectivity index (χ3v) is 9.04. The van der Waals surface area contributed by atoms with Crippen LogP contribution >= 0.6 is 0 Å². The first-order valence-electron chi connectivity index (χ1n) is 11.3. The van der Waals surface area contributed by atoms with Crippen LogP contribution in [0.5, 0.6) is 0 Å². The van der Waals surface area contributed by atoms with Gasteiger partial charge in [0.2, 0.25) is 0 Å². The summed E-state index contributed by atoms with van der Waals surface area (Å²) in [6, 6.07) is 5.74. The molecule has 40 heavy (non-hydrogen) atoms. The van der Waals surface area contributed by atoms with E-state index in [1.807, 2.05) is 0 Å². The van der Waals surface area contributed by atoms with E-state index in [1.54, 1.807) is 0 Å². The molecule has 1 aromatic carbocycles. The molecule has 3 saturated carbocycles. The van der Waals surface area contributed by atoms with E-state index in [9.17, 15) is 44.7 Å². The molecule has 6 rings (SSSR count). The molecule has 3 fully saturated rings. The van der Waals surface area contributed by atoms with Crippen LogP contribution < -0.4 is 5.73 Å². The van der Waals surface area contributed by atoms with Crippen molar-refractivity contribution in [1.29, 1.82) is 0 Å². The molecule has 3 aromatic rings. The largest absolute Gasteiger partial charge is 0.492 e. The van der Waals surface area contributed by atoms with E-state index in [4.69, 9.17) is 5.73 Å². The summed E-state index contributed by atoms with van der Waals surface area (Å²) in [5, 5.41) is 10.2. The molecule has 0 spiro atoms. The van der Waals surface area contributed by atoms with Crippen LogP contribution in [-0.4, -0.2) is 62.8 Å². The molecule has 3 N–H and O–H groups in total. The Balaban J connectivity index is 1.75. The summed E-state index contributed by atoms with van der Waals surface area (Å²) in [5.74, 6) is -5.32. The molecule has 4 atom stereocenters. The number of hydrogen-bond donors (Lipinski definition) is 2. The van der Waals surface area contributed by atoms with Crippen LogP contribution in [0.4, 0.5) is 36.6 Å². The number of sulfonamides is 1. The fraction of sp³-hybridized carbons (Fsp3) is 0.409. The van der Waals surface area contributed by atoms with Crippen LogP contribution in [0.25, 0.3) is 5.65 Å². The Morgan fingerprint density at radius 2 is 1.85 bits per heavy atom. The van der Waals surface area contributed by atoms with E-state index in [0.29, 0.717) is 6.20 Å². The molecule has 3 aliphatic carbocycles. The van der Waals surface area contributed by atoms with Gasteiger partial charge in [0.15, 0.2) is 17.2 Å². The molecule has 18 heteroatoms. The minimum atomic E-state index is -5.70. The lowest BCUT2D eigenvalue weighted by Crippen LogP contribution is -2.67. The van der Waals surface area contributed by atoms with E-state index >= 15 is 4.39 Å². The van der Waals surface area contributed by atoms with Gasteiger partial charge in [-0.1, -0.05) is 18.2 Å². The lowest BCUT2D eigenvalue weighted by molar-refractivity contribution is -0.251. The monoisotopic (exact) mass is 597 g/mol. The number of nitrogens with two attached hydrogens (primary N) is 1. The van der Waals surface area contributed by atoms with Gasteiger partial charge in [0.1, 0.15) is 11.7 Å². The Hall–Kier alpha value is -3.51. The fourth-order valence-corrected chi connectivity index (χ4v) is 7.39. The van der Waals surface area contributed by atoms with Gasteiger partial charge in [-0.25, -0.2) is 27.6 Å². The lowest BCUT2D eigenvalue weighted by Gasteiger charge is -2.56. The highest BCUT2D eigenvalue weighted by atomic mass is 32.2. The zero-order valence-corrected chi connectivity index (χ0v) is 20.6. The molecule has 4 unspecified atom stereocenters. The molecule has 3 aliphatic rings. The Morgan fingerprint density at radius 1 is 1.20 bits per heavy atom. The number of alkyl halides is 7. The van der Waals surface area contributed by atoms with Gasteiger partial charge in [-0.2, -0.15) is 26.3 Å². The van der Waals surface area contributed by atoms with Crippen LogP contribution in [0.15, 0.2) is 47.6 Å². The predicted molar refractivity (Wildman–Crippen MR) is 119 cm³/mol. The summed E-state index contributed by atoms with van der Waals surface area (Å²) in [5.41, 5.74) is -0.710. The standard InChI is InChI=1S/C22H18F7N5O5S/c23-13-6-19(10-35)9-20(13,15(19)12-7-31-17-16(30)32-14(8-33(12)17)21(24,25)26)34(39-18(36)22(27,28)29)40(37,38)11-4-2-1-3-5-11/h1-5,7-8,13,15,35H,6,9-10H2,(H2,30,32). The number of imidazole rings is 1. The maximum atomic E-state index is 15.9. The van der Waals surface area contributed by atoms with Crippen LogP contribution in [0.2, 0.25) is 0 Å². The molecule has 10 nitrogen and oxygen atoms in total.